The first-order valence-corrected chi connectivity index (χ1v) is 7.42. The van der Waals surface area contributed by atoms with Gasteiger partial charge in [-0.2, -0.15) is 0 Å². The first-order chi connectivity index (χ1) is 8.61. The zero-order valence-corrected chi connectivity index (χ0v) is 12.2. The van der Waals surface area contributed by atoms with Crippen molar-refractivity contribution in [2.75, 3.05) is 13.1 Å². The van der Waals surface area contributed by atoms with Gasteiger partial charge in [0.1, 0.15) is 0 Å². The SMILES string of the molecule is C=C(C)NCC1CCCC(CNC(=C)CCC)C1. The maximum Gasteiger partial charge on any atom is 0.0172 e. The molecule has 1 aliphatic carbocycles. The Hall–Kier alpha value is -0.920. The Balaban J connectivity index is 2.21. The lowest BCUT2D eigenvalue weighted by Gasteiger charge is -2.30. The van der Waals surface area contributed by atoms with Crippen LogP contribution in [0.15, 0.2) is 24.6 Å². The van der Waals surface area contributed by atoms with Crippen LogP contribution in [-0.2, 0) is 0 Å². The number of hydrogen-bond acceptors (Lipinski definition) is 2. The highest BCUT2D eigenvalue weighted by molar-refractivity contribution is 4.92. The first-order valence-electron chi connectivity index (χ1n) is 7.42. The van der Waals surface area contributed by atoms with Crippen LogP contribution in [0, 0.1) is 11.8 Å². The van der Waals surface area contributed by atoms with Crippen molar-refractivity contribution < 1.29 is 0 Å². The average molecular weight is 250 g/mol. The van der Waals surface area contributed by atoms with Crippen LogP contribution in [-0.4, -0.2) is 13.1 Å². The van der Waals surface area contributed by atoms with Crippen LogP contribution in [0.5, 0.6) is 0 Å². The highest BCUT2D eigenvalue weighted by atomic mass is 14.9. The molecule has 0 saturated heterocycles. The van der Waals surface area contributed by atoms with Gasteiger partial charge >= 0.3 is 0 Å². The van der Waals surface area contributed by atoms with Gasteiger partial charge in [-0.1, -0.05) is 32.9 Å². The van der Waals surface area contributed by atoms with E-state index in [4.69, 9.17) is 0 Å². The molecule has 18 heavy (non-hydrogen) atoms. The number of hydrogen-bond donors (Lipinski definition) is 2. The molecule has 0 aromatic carbocycles. The van der Waals surface area contributed by atoms with E-state index in [1.807, 2.05) is 6.92 Å². The predicted octanol–water partition coefficient (Wildman–Crippen LogP) is 3.82. The number of allylic oxidation sites excluding steroid dienone is 2. The maximum atomic E-state index is 4.07. The van der Waals surface area contributed by atoms with Crippen molar-refractivity contribution in [3.05, 3.63) is 24.6 Å². The molecule has 1 saturated carbocycles. The molecule has 0 aliphatic heterocycles. The summed E-state index contributed by atoms with van der Waals surface area (Å²) < 4.78 is 0. The fourth-order valence-corrected chi connectivity index (χ4v) is 2.77. The largest absolute Gasteiger partial charge is 0.389 e. The van der Waals surface area contributed by atoms with Crippen molar-refractivity contribution in [3.63, 3.8) is 0 Å². The van der Waals surface area contributed by atoms with E-state index in [0.29, 0.717) is 0 Å². The monoisotopic (exact) mass is 250 g/mol. The molecule has 1 fully saturated rings. The van der Waals surface area contributed by atoms with Crippen LogP contribution < -0.4 is 10.6 Å². The maximum absolute atomic E-state index is 4.07. The smallest absolute Gasteiger partial charge is 0.0172 e. The fourth-order valence-electron chi connectivity index (χ4n) is 2.77. The summed E-state index contributed by atoms with van der Waals surface area (Å²) in [6.07, 6.45) is 7.74. The summed E-state index contributed by atoms with van der Waals surface area (Å²) in [4.78, 5) is 0. The van der Waals surface area contributed by atoms with Gasteiger partial charge in [0.15, 0.2) is 0 Å². The molecular weight excluding hydrogens is 220 g/mol. The lowest BCUT2D eigenvalue weighted by molar-refractivity contribution is 0.260. The summed E-state index contributed by atoms with van der Waals surface area (Å²) in [6, 6.07) is 0. The van der Waals surface area contributed by atoms with Gasteiger partial charge in [0.25, 0.3) is 0 Å². The second-order valence-corrected chi connectivity index (χ2v) is 5.79. The van der Waals surface area contributed by atoms with Gasteiger partial charge in [-0.3, -0.25) is 0 Å². The highest BCUT2D eigenvalue weighted by Crippen LogP contribution is 2.28. The van der Waals surface area contributed by atoms with E-state index in [-0.39, 0.29) is 0 Å². The molecule has 0 amide bonds. The zero-order chi connectivity index (χ0) is 13.4. The summed E-state index contributed by atoms with van der Waals surface area (Å²) in [6.45, 7) is 14.4. The molecule has 2 heteroatoms. The zero-order valence-electron chi connectivity index (χ0n) is 12.2. The second kappa shape index (κ2) is 8.23. The van der Waals surface area contributed by atoms with Crippen LogP contribution in [0.1, 0.15) is 52.4 Å². The van der Waals surface area contributed by atoms with Crippen LogP contribution in [0.3, 0.4) is 0 Å². The van der Waals surface area contributed by atoms with E-state index in [9.17, 15) is 0 Å². The van der Waals surface area contributed by atoms with E-state index in [1.165, 1.54) is 37.8 Å². The third kappa shape index (κ3) is 6.13. The Bertz CT molecular complexity index is 270. The van der Waals surface area contributed by atoms with E-state index in [0.717, 1.165) is 37.0 Å². The minimum Gasteiger partial charge on any atom is -0.389 e. The minimum absolute atomic E-state index is 0.821. The molecule has 0 heterocycles. The molecule has 2 nitrogen and oxygen atoms in total. The molecule has 0 aromatic rings. The molecule has 0 radical (unpaired) electrons. The predicted molar refractivity (Wildman–Crippen MR) is 80.3 cm³/mol. The van der Waals surface area contributed by atoms with Gasteiger partial charge in [0.2, 0.25) is 0 Å². The van der Waals surface area contributed by atoms with Crippen LogP contribution in [0.25, 0.3) is 0 Å². The average Bonchev–Trinajstić information content (AvgIpc) is 2.35. The Kier molecular flexibility index (Phi) is 6.92. The van der Waals surface area contributed by atoms with Crippen molar-refractivity contribution in [1.82, 2.24) is 10.6 Å². The Morgan fingerprint density at radius 3 is 2.28 bits per heavy atom. The summed E-state index contributed by atoms with van der Waals surface area (Å²) in [5, 5.41) is 6.89. The molecule has 0 bridgehead atoms. The van der Waals surface area contributed by atoms with E-state index < -0.39 is 0 Å². The summed E-state index contributed by atoms with van der Waals surface area (Å²) >= 11 is 0. The molecule has 104 valence electrons. The lowest BCUT2D eigenvalue weighted by atomic mass is 9.81. The second-order valence-electron chi connectivity index (χ2n) is 5.79. The number of rotatable bonds is 8. The topological polar surface area (TPSA) is 24.1 Å². The molecule has 2 atom stereocenters. The normalized spacial score (nSPS) is 23.4. The fraction of sp³-hybridized carbons (Fsp3) is 0.750. The molecule has 0 aromatic heterocycles. The molecule has 2 N–H and O–H groups in total. The van der Waals surface area contributed by atoms with Gasteiger partial charge < -0.3 is 10.6 Å². The quantitative estimate of drug-likeness (QED) is 0.684. The van der Waals surface area contributed by atoms with Gasteiger partial charge in [-0.05, 0) is 44.4 Å². The first kappa shape index (κ1) is 15.1. The van der Waals surface area contributed by atoms with E-state index in [1.54, 1.807) is 0 Å². The van der Waals surface area contributed by atoms with Gasteiger partial charge in [0.05, 0.1) is 0 Å². The van der Waals surface area contributed by atoms with Crippen LogP contribution >= 0.6 is 0 Å². The van der Waals surface area contributed by atoms with E-state index >= 15 is 0 Å². The van der Waals surface area contributed by atoms with Crippen LogP contribution in [0.2, 0.25) is 0 Å². The lowest BCUT2D eigenvalue weighted by Crippen LogP contribution is -2.30. The van der Waals surface area contributed by atoms with Gasteiger partial charge in [0, 0.05) is 24.5 Å². The molecule has 1 aliphatic rings. The van der Waals surface area contributed by atoms with Crippen molar-refractivity contribution in [2.45, 2.75) is 52.4 Å². The standard InChI is InChI=1S/C16H30N2/c1-5-7-14(4)18-12-16-9-6-8-15(10-16)11-17-13(2)3/h15-18H,2,4-12H2,1,3H3. The van der Waals surface area contributed by atoms with Crippen molar-refractivity contribution >= 4 is 0 Å². The summed E-state index contributed by atoms with van der Waals surface area (Å²) in [5.74, 6) is 1.64. The Morgan fingerprint density at radius 2 is 1.72 bits per heavy atom. The van der Waals surface area contributed by atoms with Gasteiger partial charge in [-0.25, -0.2) is 0 Å². The molecule has 2 unspecified atom stereocenters. The highest BCUT2D eigenvalue weighted by Gasteiger charge is 2.21. The third-order valence-corrected chi connectivity index (χ3v) is 3.78. The van der Waals surface area contributed by atoms with Crippen molar-refractivity contribution in [3.8, 4) is 0 Å². The van der Waals surface area contributed by atoms with Crippen molar-refractivity contribution in [2.24, 2.45) is 11.8 Å². The molecule has 0 spiro atoms. The summed E-state index contributed by atoms with van der Waals surface area (Å²) in [5.41, 5.74) is 2.30. The van der Waals surface area contributed by atoms with Gasteiger partial charge in [-0.15, -0.1) is 0 Å². The summed E-state index contributed by atoms with van der Waals surface area (Å²) in [7, 11) is 0. The third-order valence-electron chi connectivity index (χ3n) is 3.78. The van der Waals surface area contributed by atoms with E-state index in [2.05, 4.69) is 30.7 Å². The Labute approximate surface area is 113 Å². The van der Waals surface area contributed by atoms with Crippen molar-refractivity contribution in [1.29, 1.82) is 0 Å². The number of nitrogens with one attached hydrogen (secondary N) is 2. The molecular formula is C16H30N2. The van der Waals surface area contributed by atoms with Crippen LogP contribution in [0.4, 0.5) is 0 Å². The minimum atomic E-state index is 0.821. The molecule has 1 rings (SSSR count). The Morgan fingerprint density at radius 1 is 1.11 bits per heavy atom.